The number of nitrogens with one attached hydrogen (secondary N) is 1. The van der Waals surface area contributed by atoms with E-state index in [0.29, 0.717) is 0 Å². The van der Waals surface area contributed by atoms with Gasteiger partial charge < -0.3 is 10.4 Å². The Morgan fingerprint density at radius 1 is 1.33 bits per heavy atom. The third kappa shape index (κ3) is 3.03. The summed E-state index contributed by atoms with van der Waals surface area (Å²) in [5.74, 6) is 0. The molecule has 1 unspecified atom stereocenters. The van der Waals surface area contributed by atoms with Crippen LogP contribution in [0.1, 0.15) is 12.5 Å². The largest absolute Gasteiger partial charge is 0.395 e. The van der Waals surface area contributed by atoms with Gasteiger partial charge in [-0.2, -0.15) is 0 Å². The summed E-state index contributed by atoms with van der Waals surface area (Å²) in [5, 5.41) is 11.9. The summed E-state index contributed by atoms with van der Waals surface area (Å²) in [6, 6.07) is 10.3. The summed E-state index contributed by atoms with van der Waals surface area (Å²) in [5.41, 5.74) is 1.25. The second-order valence-corrected chi connectivity index (χ2v) is 2.95. The maximum atomic E-state index is 8.75. The standard InChI is InChI=1S/C10H15NO/c1-9(8-12)11-7-10-5-3-2-4-6-10/h2-6,9,11-12H,7-8H2,1H3. The van der Waals surface area contributed by atoms with Crippen molar-refractivity contribution in [2.75, 3.05) is 6.61 Å². The number of rotatable bonds is 4. The predicted octanol–water partition coefficient (Wildman–Crippen LogP) is 1.16. The molecule has 0 saturated heterocycles. The average molecular weight is 165 g/mol. The summed E-state index contributed by atoms with van der Waals surface area (Å²) in [4.78, 5) is 0. The van der Waals surface area contributed by atoms with Gasteiger partial charge in [0.05, 0.1) is 6.61 Å². The van der Waals surface area contributed by atoms with Gasteiger partial charge in [0.2, 0.25) is 0 Å². The van der Waals surface area contributed by atoms with Crippen LogP contribution in [0.15, 0.2) is 30.3 Å². The van der Waals surface area contributed by atoms with Crippen LogP contribution in [-0.2, 0) is 6.54 Å². The molecule has 2 heteroatoms. The highest BCUT2D eigenvalue weighted by Crippen LogP contribution is 1.97. The topological polar surface area (TPSA) is 32.3 Å². The predicted molar refractivity (Wildman–Crippen MR) is 49.8 cm³/mol. The lowest BCUT2D eigenvalue weighted by Crippen LogP contribution is -2.28. The normalized spacial score (nSPS) is 12.8. The summed E-state index contributed by atoms with van der Waals surface area (Å²) >= 11 is 0. The van der Waals surface area contributed by atoms with E-state index in [9.17, 15) is 0 Å². The Morgan fingerprint density at radius 3 is 2.58 bits per heavy atom. The number of benzene rings is 1. The minimum atomic E-state index is 0.171. The molecule has 0 aromatic heterocycles. The molecule has 12 heavy (non-hydrogen) atoms. The lowest BCUT2D eigenvalue weighted by Gasteiger charge is -2.09. The number of aliphatic hydroxyl groups is 1. The fourth-order valence-corrected chi connectivity index (χ4v) is 0.952. The quantitative estimate of drug-likeness (QED) is 0.701. The van der Waals surface area contributed by atoms with E-state index in [-0.39, 0.29) is 12.6 Å². The van der Waals surface area contributed by atoms with E-state index in [0.717, 1.165) is 6.54 Å². The molecule has 1 rings (SSSR count). The lowest BCUT2D eigenvalue weighted by molar-refractivity contribution is 0.251. The Balaban J connectivity index is 2.33. The zero-order valence-electron chi connectivity index (χ0n) is 7.33. The minimum Gasteiger partial charge on any atom is -0.395 e. The van der Waals surface area contributed by atoms with Gasteiger partial charge in [0.15, 0.2) is 0 Å². The molecule has 0 aliphatic carbocycles. The second kappa shape index (κ2) is 4.91. The van der Waals surface area contributed by atoms with Gasteiger partial charge in [0, 0.05) is 12.6 Å². The van der Waals surface area contributed by atoms with E-state index in [1.165, 1.54) is 5.56 Å². The molecular formula is C10H15NO. The molecule has 0 fully saturated rings. The Labute approximate surface area is 73.2 Å². The minimum absolute atomic E-state index is 0.171. The van der Waals surface area contributed by atoms with Crippen molar-refractivity contribution in [3.63, 3.8) is 0 Å². The fourth-order valence-electron chi connectivity index (χ4n) is 0.952. The van der Waals surface area contributed by atoms with Gasteiger partial charge in [-0.1, -0.05) is 30.3 Å². The Kier molecular flexibility index (Phi) is 3.77. The van der Waals surface area contributed by atoms with Gasteiger partial charge in [-0.25, -0.2) is 0 Å². The highest BCUT2D eigenvalue weighted by molar-refractivity contribution is 5.14. The highest BCUT2D eigenvalue weighted by atomic mass is 16.3. The first-order chi connectivity index (χ1) is 5.83. The molecule has 0 radical (unpaired) electrons. The van der Waals surface area contributed by atoms with E-state index in [2.05, 4.69) is 17.4 Å². The van der Waals surface area contributed by atoms with Crippen LogP contribution in [0.5, 0.6) is 0 Å². The zero-order chi connectivity index (χ0) is 8.81. The molecule has 1 aromatic rings. The van der Waals surface area contributed by atoms with Crippen LogP contribution in [0, 0.1) is 0 Å². The molecule has 0 saturated carbocycles. The van der Waals surface area contributed by atoms with Crippen LogP contribution in [0.25, 0.3) is 0 Å². The van der Waals surface area contributed by atoms with Crippen molar-refractivity contribution in [1.29, 1.82) is 0 Å². The zero-order valence-corrected chi connectivity index (χ0v) is 7.33. The van der Waals surface area contributed by atoms with Crippen LogP contribution in [-0.4, -0.2) is 17.8 Å². The summed E-state index contributed by atoms with van der Waals surface area (Å²) in [6.45, 7) is 2.97. The van der Waals surface area contributed by atoms with Crippen LogP contribution in [0.4, 0.5) is 0 Å². The summed E-state index contributed by atoms with van der Waals surface area (Å²) < 4.78 is 0. The molecule has 1 atom stereocenters. The first-order valence-electron chi connectivity index (χ1n) is 4.21. The average Bonchev–Trinajstić information content (AvgIpc) is 2.16. The smallest absolute Gasteiger partial charge is 0.0582 e. The number of aliphatic hydroxyl groups excluding tert-OH is 1. The van der Waals surface area contributed by atoms with Crippen molar-refractivity contribution in [1.82, 2.24) is 5.32 Å². The molecule has 2 nitrogen and oxygen atoms in total. The monoisotopic (exact) mass is 165 g/mol. The third-order valence-electron chi connectivity index (χ3n) is 1.77. The molecule has 2 N–H and O–H groups in total. The van der Waals surface area contributed by atoms with E-state index in [4.69, 9.17) is 5.11 Å². The van der Waals surface area contributed by atoms with Crippen LogP contribution in [0.3, 0.4) is 0 Å². The molecule has 0 heterocycles. The van der Waals surface area contributed by atoms with Crippen LogP contribution < -0.4 is 5.32 Å². The van der Waals surface area contributed by atoms with Gasteiger partial charge in [-0.05, 0) is 12.5 Å². The Morgan fingerprint density at radius 2 is 2.00 bits per heavy atom. The Hall–Kier alpha value is -0.860. The van der Waals surface area contributed by atoms with Crippen LogP contribution in [0.2, 0.25) is 0 Å². The Bertz CT molecular complexity index is 210. The number of hydrogen-bond acceptors (Lipinski definition) is 2. The molecule has 0 aliphatic rings. The van der Waals surface area contributed by atoms with E-state index in [1.54, 1.807) is 0 Å². The van der Waals surface area contributed by atoms with E-state index >= 15 is 0 Å². The van der Waals surface area contributed by atoms with E-state index in [1.807, 2.05) is 25.1 Å². The highest BCUT2D eigenvalue weighted by Gasteiger charge is 1.97. The molecular weight excluding hydrogens is 150 g/mol. The third-order valence-corrected chi connectivity index (χ3v) is 1.77. The molecule has 0 aliphatic heterocycles. The van der Waals surface area contributed by atoms with Gasteiger partial charge in [-0.15, -0.1) is 0 Å². The SMILES string of the molecule is CC(CO)NCc1ccccc1. The van der Waals surface area contributed by atoms with Gasteiger partial charge in [0.25, 0.3) is 0 Å². The second-order valence-electron chi connectivity index (χ2n) is 2.95. The van der Waals surface area contributed by atoms with Crippen molar-refractivity contribution in [2.45, 2.75) is 19.5 Å². The molecule has 66 valence electrons. The first kappa shape index (κ1) is 9.23. The van der Waals surface area contributed by atoms with Crippen molar-refractivity contribution in [3.05, 3.63) is 35.9 Å². The molecule has 1 aromatic carbocycles. The van der Waals surface area contributed by atoms with Crippen molar-refractivity contribution in [3.8, 4) is 0 Å². The summed E-state index contributed by atoms with van der Waals surface area (Å²) in [6.07, 6.45) is 0. The maximum Gasteiger partial charge on any atom is 0.0582 e. The van der Waals surface area contributed by atoms with Gasteiger partial charge in [-0.3, -0.25) is 0 Å². The van der Waals surface area contributed by atoms with Crippen molar-refractivity contribution < 1.29 is 5.11 Å². The summed E-state index contributed by atoms with van der Waals surface area (Å²) in [7, 11) is 0. The first-order valence-corrected chi connectivity index (χ1v) is 4.21. The number of hydrogen-bond donors (Lipinski definition) is 2. The fraction of sp³-hybridized carbons (Fsp3) is 0.400. The lowest BCUT2D eigenvalue weighted by atomic mass is 10.2. The molecule has 0 amide bonds. The van der Waals surface area contributed by atoms with Gasteiger partial charge in [0.1, 0.15) is 0 Å². The van der Waals surface area contributed by atoms with Crippen molar-refractivity contribution in [2.24, 2.45) is 0 Å². The van der Waals surface area contributed by atoms with Crippen molar-refractivity contribution >= 4 is 0 Å². The molecule has 0 bridgehead atoms. The maximum absolute atomic E-state index is 8.75. The van der Waals surface area contributed by atoms with E-state index < -0.39 is 0 Å². The van der Waals surface area contributed by atoms with Crippen LogP contribution >= 0.6 is 0 Å². The molecule has 0 spiro atoms. The van der Waals surface area contributed by atoms with Gasteiger partial charge >= 0.3 is 0 Å².